The molecule has 4 rings (SSSR count). The van der Waals surface area contributed by atoms with Gasteiger partial charge in [0.15, 0.2) is 0 Å². The highest BCUT2D eigenvalue weighted by Gasteiger charge is 2.25. The third-order valence-corrected chi connectivity index (χ3v) is 5.68. The summed E-state index contributed by atoms with van der Waals surface area (Å²) in [6.45, 7) is 7.15. The van der Waals surface area contributed by atoms with Crippen molar-refractivity contribution < 1.29 is 4.79 Å². The Labute approximate surface area is 170 Å². The van der Waals surface area contributed by atoms with Gasteiger partial charge in [0.1, 0.15) is 6.33 Å². The molecule has 0 spiro atoms. The van der Waals surface area contributed by atoms with Crippen LogP contribution in [0.25, 0.3) is 5.69 Å². The fourth-order valence-corrected chi connectivity index (χ4v) is 3.73. The van der Waals surface area contributed by atoms with Crippen molar-refractivity contribution in [2.24, 2.45) is 5.92 Å². The molecule has 1 aliphatic rings. The van der Waals surface area contributed by atoms with Gasteiger partial charge >= 0.3 is 0 Å². The lowest BCUT2D eigenvalue weighted by molar-refractivity contribution is -0.121. The first kappa shape index (κ1) is 19.3. The van der Waals surface area contributed by atoms with Gasteiger partial charge in [-0.05, 0) is 91.2 Å². The van der Waals surface area contributed by atoms with Gasteiger partial charge in [-0.2, -0.15) is 0 Å². The monoisotopic (exact) mass is 390 g/mol. The SMILES string of the molecule is Cc1ccc(CN2CCC(C(=O)Nc3ccc(-n4cnnn4)cc3)CC2)cc1C. The molecule has 2 aromatic carbocycles. The van der Waals surface area contributed by atoms with Crippen molar-refractivity contribution in [1.29, 1.82) is 0 Å². The molecule has 1 aliphatic heterocycles. The molecule has 0 bridgehead atoms. The Morgan fingerprint density at radius 3 is 2.48 bits per heavy atom. The van der Waals surface area contributed by atoms with E-state index in [1.165, 1.54) is 16.7 Å². The number of piperidine rings is 1. The standard InChI is InChI=1S/C22H26N6O/c1-16-3-4-18(13-17(16)2)14-27-11-9-19(10-12-27)22(29)24-20-5-7-21(8-6-20)28-15-23-25-26-28/h3-8,13,15,19H,9-12,14H2,1-2H3,(H,24,29). The Bertz CT molecular complexity index is 959. The van der Waals surface area contributed by atoms with Crippen LogP contribution in [0.15, 0.2) is 48.8 Å². The minimum Gasteiger partial charge on any atom is -0.326 e. The average molecular weight is 390 g/mol. The minimum atomic E-state index is 0.0604. The van der Waals surface area contributed by atoms with Gasteiger partial charge in [0, 0.05) is 18.2 Å². The fraction of sp³-hybridized carbons (Fsp3) is 0.364. The van der Waals surface area contributed by atoms with E-state index in [0.717, 1.165) is 43.9 Å². The van der Waals surface area contributed by atoms with Crippen molar-refractivity contribution in [3.05, 3.63) is 65.5 Å². The summed E-state index contributed by atoms with van der Waals surface area (Å²) in [7, 11) is 0. The Kier molecular flexibility index (Phi) is 5.67. The van der Waals surface area contributed by atoms with Crippen molar-refractivity contribution in [1.82, 2.24) is 25.1 Å². The second-order valence-electron chi connectivity index (χ2n) is 7.76. The Hall–Kier alpha value is -3.06. The largest absolute Gasteiger partial charge is 0.326 e. The number of benzene rings is 2. The normalized spacial score (nSPS) is 15.4. The quantitative estimate of drug-likeness (QED) is 0.724. The van der Waals surface area contributed by atoms with Gasteiger partial charge in [-0.25, -0.2) is 4.68 Å². The van der Waals surface area contributed by atoms with E-state index in [9.17, 15) is 4.79 Å². The van der Waals surface area contributed by atoms with Gasteiger partial charge < -0.3 is 5.32 Å². The predicted octanol–water partition coefficient (Wildman–Crippen LogP) is 3.13. The number of nitrogens with zero attached hydrogens (tertiary/aromatic N) is 5. The average Bonchev–Trinajstić information content (AvgIpc) is 3.27. The summed E-state index contributed by atoms with van der Waals surface area (Å²) in [5, 5.41) is 14.2. The molecule has 1 amide bonds. The molecule has 0 atom stereocenters. The van der Waals surface area contributed by atoms with Gasteiger partial charge in [-0.1, -0.05) is 18.2 Å². The number of carbonyl (C=O) groups is 1. The van der Waals surface area contributed by atoms with Crippen LogP contribution >= 0.6 is 0 Å². The number of hydrogen-bond acceptors (Lipinski definition) is 5. The maximum atomic E-state index is 12.7. The topological polar surface area (TPSA) is 75.9 Å². The third kappa shape index (κ3) is 4.68. The lowest BCUT2D eigenvalue weighted by Crippen LogP contribution is -2.37. The number of nitrogens with one attached hydrogen (secondary N) is 1. The molecule has 0 radical (unpaired) electrons. The molecule has 0 unspecified atom stereocenters. The molecular weight excluding hydrogens is 364 g/mol. The Morgan fingerprint density at radius 2 is 1.83 bits per heavy atom. The first-order valence-electron chi connectivity index (χ1n) is 10.0. The molecule has 1 aromatic heterocycles. The fourth-order valence-electron chi connectivity index (χ4n) is 3.73. The van der Waals surface area contributed by atoms with E-state index in [4.69, 9.17) is 0 Å². The molecule has 7 nitrogen and oxygen atoms in total. The molecule has 1 saturated heterocycles. The number of anilines is 1. The Morgan fingerprint density at radius 1 is 1.07 bits per heavy atom. The molecular formula is C22H26N6O. The van der Waals surface area contributed by atoms with Crippen LogP contribution in [0.4, 0.5) is 5.69 Å². The van der Waals surface area contributed by atoms with E-state index in [1.54, 1.807) is 11.0 Å². The van der Waals surface area contributed by atoms with Crippen LogP contribution in [-0.2, 0) is 11.3 Å². The summed E-state index contributed by atoms with van der Waals surface area (Å²) in [4.78, 5) is 15.1. The molecule has 150 valence electrons. The molecule has 0 saturated carbocycles. The Balaban J connectivity index is 1.28. The summed E-state index contributed by atoms with van der Waals surface area (Å²) in [5.74, 6) is 0.163. The minimum absolute atomic E-state index is 0.0604. The second kappa shape index (κ2) is 8.53. The van der Waals surface area contributed by atoms with E-state index in [2.05, 4.69) is 57.8 Å². The van der Waals surface area contributed by atoms with Crippen molar-refractivity contribution in [3.8, 4) is 5.69 Å². The van der Waals surface area contributed by atoms with Crippen molar-refractivity contribution >= 4 is 11.6 Å². The third-order valence-electron chi connectivity index (χ3n) is 5.68. The van der Waals surface area contributed by atoms with Crippen LogP contribution in [0.1, 0.15) is 29.5 Å². The van der Waals surface area contributed by atoms with Crippen LogP contribution in [0.3, 0.4) is 0 Å². The lowest BCUT2D eigenvalue weighted by Gasteiger charge is -2.31. The van der Waals surface area contributed by atoms with Crippen LogP contribution in [0.2, 0.25) is 0 Å². The van der Waals surface area contributed by atoms with E-state index in [0.29, 0.717) is 0 Å². The van der Waals surface area contributed by atoms with Crippen LogP contribution in [0, 0.1) is 19.8 Å². The molecule has 29 heavy (non-hydrogen) atoms. The van der Waals surface area contributed by atoms with Crippen LogP contribution in [0.5, 0.6) is 0 Å². The van der Waals surface area contributed by atoms with Crippen LogP contribution in [-0.4, -0.2) is 44.1 Å². The van der Waals surface area contributed by atoms with Crippen LogP contribution < -0.4 is 5.32 Å². The van der Waals surface area contributed by atoms with E-state index < -0.39 is 0 Å². The number of likely N-dealkylation sites (tertiary alicyclic amines) is 1. The van der Waals surface area contributed by atoms with E-state index >= 15 is 0 Å². The number of amides is 1. The molecule has 1 fully saturated rings. The first-order valence-corrected chi connectivity index (χ1v) is 10.0. The van der Waals surface area contributed by atoms with Crippen molar-refractivity contribution in [3.63, 3.8) is 0 Å². The maximum absolute atomic E-state index is 12.7. The lowest BCUT2D eigenvalue weighted by atomic mass is 9.95. The smallest absolute Gasteiger partial charge is 0.227 e. The maximum Gasteiger partial charge on any atom is 0.227 e. The highest BCUT2D eigenvalue weighted by molar-refractivity contribution is 5.92. The van der Waals surface area contributed by atoms with E-state index in [-0.39, 0.29) is 11.8 Å². The van der Waals surface area contributed by atoms with Gasteiger partial charge in [-0.15, -0.1) is 5.10 Å². The summed E-state index contributed by atoms with van der Waals surface area (Å²) in [6.07, 6.45) is 3.32. The molecule has 0 aliphatic carbocycles. The highest BCUT2D eigenvalue weighted by Crippen LogP contribution is 2.22. The number of aromatic nitrogens is 4. The zero-order chi connectivity index (χ0) is 20.2. The molecule has 2 heterocycles. The van der Waals surface area contributed by atoms with Gasteiger partial charge in [0.25, 0.3) is 0 Å². The summed E-state index contributed by atoms with van der Waals surface area (Å²) >= 11 is 0. The number of carbonyl (C=O) groups excluding carboxylic acids is 1. The number of rotatable bonds is 5. The number of tetrazole rings is 1. The zero-order valence-corrected chi connectivity index (χ0v) is 16.9. The van der Waals surface area contributed by atoms with E-state index in [1.807, 2.05) is 24.3 Å². The summed E-state index contributed by atoms with van der Waals surface area (Å²) in [5.41, 5.74) is 5.66. The molecule has 1 N–H and O–H groups in total. The molecule has 7 heteroatoms. The number of hydrogen-bond donors (Lipinski definition) is 1. The molecule has 3 aromatic rings. The summed E-state index contributed by atoms with van der Waals surface area (Å²) < 4.78 is 1.58. The first-order chi connectivity index (χ1) is 14.1. The van der Waals surface area contributed by atoms with Gasteiger partial charge in [0.05, 0.1) is 5.69 Å². The highest BCUT2D eigenvalue weighted by atomic mass is 16.1. The summed E-state index contributed by atoms with van der Waals surface area (Å²) in [6, 6.07) is 14.2. The number of aryl methyl sites for hydroxylation is 2. The van der Waals surface area contributed by atoms with Crippen molar-refractivity contribution in [2.45, 2.75) is 33.2 Å². The second-order valence-corrected chi connectivity index (χ2v) is 7.76. The van der Waals surface area contributed by atoms with Crippen molar-refractivity contribution in [2.75, 3.05) is 18.4 Å². The zero-order valence-electron chi connectivity index (χ0n) is 16.9. The predicted molar refractivity (Wildman–Crippen MR) is 112 cm³/mol. The van der Waals surface area contributed by atoms with Gasteiger partial charge in [0.2, 0.25) is 5.91 Å². The van der Waals surface area contributed by atoms with Gasteiger partial charge in [-0.3, -0.25) is 9.69 Å².